The van der Waals surface area contributed by atoms with Gasteiger partial charge in [-0.1, -0.05) is 19.3 Å². The Labute approximate surface area is 236 Å². The monoisotopic (exact) mass is 598 g/mol. The molecule has 0 aliphatic carbocycles. The van der Waals surface area contributed by atoms with Crippen molar-refractivity contribution in [3.8, 4) is 17.3 Å². The second-order valence-corrected chi connectivity index (χ2v) is 11.5. The zero-order valence-corrected chi connectivity index (χ0v) is 24.7. The SMILES string of the molecule is COc1cc(C(=O)O)cc2nc(-c3cc4ccc(Br)nc4n3CCCCCCCC(=O)OC(C)(C)C)n(C)c12. The number of pyridine rings is 1. The Bertz CT molecular complexity index is 1520. The van der Waals surface area contributed by atoms with Crippen LogP contribution in [0.2, 0.25) is 0 Å². The Morgan fingerprint density at radius 2 is 1.74 bits per heavy atom. The fourth-order valence-corrected chi connectivity index (χ4v) is 5.10. The molecule has 3 heterocycles. The molecule has 0 atom stereocenters. The first-order chi connectivity index (χ1) is 18.5. The van der Waals surface area contributed by atoms with Crippen LogP contribution in [0.1, 0.15) is 69.7 Å². The van der Waals surface area contributed by atoms with Crippen LogP contribution in [0.25, 0.3) is 33.6 Å². The highest BCUT2D eigenvalue weighted by molar-refractivity contribution is 9.10. The lowest BCUT2D eigenvalue weighted by Crippen LogP contribution is -2.23. The minimum Gasteiger partial charge on any atom is -0.494 e. The first-order valence-corrected chi connectivity index (χ1v) is 13.9. The molecule has 0 bridgehead atoms. The molecule has 1 aromatic carbocycles. The highest BCUT2D eigenvalue weighted by atomic mass is 79.9. The fourth-order valence-electron chi connectivity index (χ4n) is 4.80. The number of hydrogen-bond acceptors (Lipinski definition) is 6. The molecule has 0 aliphatic rings. The number of hydrogen-bond donors (Lipinski definition) is 1. The molecule has 0 saturated heterocycles. The quantitative estimate of drug-likeness (QED) is 0.116. The third kappa shape index (κ3) is 6.61. The van der Waals surface area contributed by atoms with Crippen LogP contribution in [0.15, 0.2) is 34.9 Å². The predicted molar refractivity (Wildman–Crippen MR) is 154 cm³/mol. The van der Waals surface area contributed by atoms with E-state index in [4.69, 9.17) is 19.4 Å². The number of carbonyl (C=O) groups is 2. The normalized spacial score (nSPS) is 11.8. The summed E-state index contributed by atoms with van der Waals surface area (Å²) in [5, 5.41) is 10.5. The van der Waals surface area contributed by atoms with Gasteiger partial charge in [0.25, 0.3) is 0 Å². The number of methoxy groups -OCH3 is 1. The molecule has 4 rings (SSSR count). The second-order valence-electron chi connectivity index (χ2n) is 10.7. The van der Waals surface area contributed by atoms with E-state index in [1.807, 2.05) is 44.5 Å². The molecule has 3 aromatic heterocycles. The molecule has 39 heavy (non-hydrogen) atoms. The smallest absolute Gasteiger partial charge is 0.335 e. The minimum atomic E-state index is -1.03. The number of carboxylic acid groups (broad SMARTS) is 1. The Morgan fingerprint density at radius 1 is 1.03 bits per heavy atom. The fraction of sp³-hybridized carbons (Fsp3) is 0.448. The highest BCUT2D eigenvalue weighted by Gasteiger charge is 2.21. The van der Waals surface area contributed by atoms with Crippen molar-refractivity contribution >= 4 is 49.9 Å². The summed E-state index contributed by atoms with van der Waals surface area (Å²) < 4.78 is 15.8. The number of aromatic carboxylic acids is 1. The van der Waals surface area contributed by atoms with Gasteiger partial charge < -0.3 is 23.7 Å². The van der Waals surface area contributed by atoms with E-state index in [1.54, 1.807) is 6.07 Å². The summed E-state index contributed by atoms with van der Waals surface area (Å²) in [6.45, 7) is 6.40. The molecule has 0 saturated carbocycles. The molecular formula is C29H35BrN4O5. The van der Waals surface area contributed by atoms with Gasteiger partial charge in [0.1, 0.15) is 27.1 Å². The lowest BCUT2D eigenvalue weighted by atomic mass is 10.1. The molecule has 0 radical (unpaired) electrons. The number of halogens is 1. The van der Waals surface area contributed by atoms with Crippen LogP contribution in [-0.2, 0) is 23.1 Å². The van der Waals surface area contributed by atoms with Gasteiger partial charge in [0, 0.05) is 25.4 Å². The molecule has 0 unspecified atom stereocenters. The van der Waals surface area contributed by atoms with Gasteiger partial charge in [-0.15, -0.1) is 0 Å². The van der Waals surface area contributed by atoms with Crippen LogP contribution >= 0.6 is 15.9 Å². The van der Waals surface area contributed by atoms with Crippen LogP contribution < -0.4 is 4.74 Å². The minimum absolute atomic E-state index is 0.127. The molecule has 10 heteroatoms. The van der Waals surface area contributed by atoms with Crippen molar-refractivity contribution in [3.05, 3.63) is 40.5 Å². The van der Waals surface area contributed by atoms with E-state index in [1.165, 1.54) is 13.2 Å². The van der Waals surface area contributed by atoms with Crippen LogP contribution in [0.3, 0.4) is 0 Å². The van der Waals surface area contributed by atoms with Gasteiger partial charge in [-0.25, -0.2) is 14.8 Å². The maximum atomic E-state index is 11.9. The number of aromatic nitrogens is 4. The number of rotatable bonds is 11. The third-order valence-corrected chi connectivity index (χ3v) is 6.96. The molecular weight excluding hydrogens is 564 g/mol. The van der Waals surface area contributed by atoms with E-state index in [9.17, 15) is 14.7 Å². The molecule has 1 N–H and O–H groups in total. The van der Waals surface area contributed by atoms with Crippen LogP contribution in [-0.4, -0.2) is 48.9 Å². The van der Waals surface area contributed by atoms with E-state index >= 15 is 0 Å². The summed E-state index contributed by atoms with van der Waals surface area (Å²) in [5.74, 6) is -0.00721. The summed E-state index contributed by atoms with van der Waals surface area (Å²) in [4.78, 5) is 33.2. The Balaban J connectivity index is 1.54. The largest absolute Gasteiger partial charge is 0.494 e. The number of unbranched alkanes of at least 4 members (excludes halogenated alkanes) is 4. The van der Waals surface area contributed by atoms with Gasteiger partial charge in [0.15, 0.2) is 5.82 Å². The number of benzene rings is 1. The van der Waals surface area contributed by atoms with Crippen molar-refractivity contribution in [1.29, 1.82) is 0 Å². The Morgan fingerprint density at radius 3 is 2.44 bits per heavy atom. The van der Waals surface area contributed by atoms with E-state index in [0.717, 1.165) is 65.5 Å². The first-order valence-electron chi connectivity index (χ1n) is 13.1. The molecule has 0 spiro atoms. The molecule has 208 valence electrons. The van der Waals surface area contributed by atoms with Crippen molar-refractivity contribution < 1.29 is 24.2 Å². The van der Waals surface area contributed by atoms with Gasteiger partial charge in [0.2, 0.25) is 0 Å². The maximum Gasteiger partial charge on any atom is 0.335 e. The van der Waals surface area contributed by atoms with Gasteiger partial charge in [-0.2, -0.15) is 0 Å². The summed E-state index contributed by atoms with van der Waals surface area (Å²) in [5.41, 5.74) is 2.73. The predicted octanol–water partition coefficient (Wildman–Crippen LogP) is 6.74. The standard InChI is InChI=1S/C29H35BrN4O5/c1-29(2,3)39-24(35)11-9-7-6-8-10-14-34-21(16-18-12-13-23(30)32-26(18)34)27-31-20-15-19(28(36)37)17-22(38-5)25(20)33(27)4/h12-13,15-17H,6-11,14H2,1-5H3,(H,36,37). The zero-order chi connectivity index (χ0) is 28.3. The Kier molecular flexibility index (Phi) is 8.64. The molecule has 4 aromatic rings. The van der Waals surface area contributed by atoms with Crippen molar-refractivity contribution in [2.24, 2.45) is 7.05 Å². The zero-order valence-electron chi connectivity index (χ0n) is 23.1. The van der Waals surface area contributed by atoms with Crippen LogP contribution in [0.4, 0.5) is 0 Å². The van der Waals surface area contributed by atoms with E-state index in [-0.39, 0.29) is 11.5 Å². The summed E-state index contributed by atoms with van der Waals surface area (Å²) in [6.07, 6.45) is 5.21. The number of fused-ring (bicyclic) bond motifs is 2. The lowest BCUT2D eigenvalue weighted by Gasteiger charge is -2.19. The first kappa shape index (κ1) is 28.6. The summed E-state index contributed by atoms with van der Waals surface area (Å²) >= 11 is 3.50. The maximum absolute atomic E-state index is 11.9. The van der Waals surface area contributed by atoms with E-state index in [2.05, 4.69) is 26.6 Å². The lowest BCUT2D eigenvalue weighted by molar-refractivity contribution is -0.154. The number of esters is 1. The summed E-state index contributed by atoms with van der Waals surface area (Å²) in [7, 11) is 3.43. The molecule has 0 aliphatic heterocycles. The average Bonchev–Trinajstić information content (AvgIpc) is 3.38. The van der Waals surface area contributed by atoms with Gasteiger partial charge in [-0.05, 0) is 79.9 Å². The highest BCUT2D eigenvalue weighted by Crippen LogP contribution is 2.34. The van der Waals surface area contributed by atoms with Gasteiger partial charge >= 0.3 is 11.9 Å². The number of aryl methyl sites for hydroxylation is 2. The van der Waals surface area contributed by atoms with Gasteiger partial charge in [0.05, 0.1) is 23.9 Å². The molecule has 0 fully saturated rings. The topological polar surface area (TPSA) is 108 Å². The number of nitrogens with zero attached hydrogens (tertiary/aromatic N) is 4. The molecule has 0 amide bonds. The summed E-state index contributed by atoms with van der Waals surface area (Å²) in [6, 6.07) is 9.10. The molecule has 9 nitrogen and oxygen atoms in total. The Hall–Kier alpha value is -3.40. The van der Waals surface area contributed by atoms with Crippen LogP contribution in [0.5, 0.6) is 5.75 Å². The average molecular weight is 600 g/mol. The number of carboxylic acids is 1. The van der Waals surface area contributed by atoms with Crippen LogP contribution in [0, 0.1) is 0 Å². The number of imidazole rings is 1. The van der Waals surface area contributed by atoms with Crippen molar-refractivity contribution in [1.82, 2.24) is 19.1 Å². The van der Waals surface area contributed by atoms with Crippen molar-refractivity contribution in [2.75, 3.05) is 7.11 Å². The number of carbonyl (C=O) groups excluding carboxylic acids is 1. The number of ether oxygens (including phenoxy) is 2. The third-order valence-electron chi connectivity index (χ3n) is 6.52. The van der Waals surface area contributed by atoms with Gasteiger partial charge in [-0.3, -0.25) is 4.79 Å². The van der Waals surface area contributed by atoms with Crippen molar-refractivity contribution in [2.45, 2.75) is 71.4 Å². The van der Waals surface area contributed by atoms with Crippen molar-refractivity contribution in [3.63, 3.8) is 0 Å². The second kappa shape index (κ2) is 11.8. The van der Waals surface area contributed by atoms with E-state index in [0.29, 0.717) is 23.5 Å². The van der Waals surface area contributed by atoms with E-state index < -0.39 is 11.6 Å².